The number of aliphatic imine (C=N–C) groups is 1. The summed E-state index contributed by atoms with van der Waals surface area (Å²) in [7, 11) is 1.75. The fourth-order valence-corrected chi connectivity index (χ4v) is 3.35. The minimum absolute atomic E-state index is 0.505. The molecule has 0 spiro atoms. The van der Waals surface area contributed by atoms with Crippen LogP contribution in [-0.2, 0) is 12.8 Å². The quantitative estimate of drug-likeness (QED) is 0.360. The molecule has 2 aromatic rings. The number of anilines is 1. The minimum Gasteiger partial charge on any atom is -0.367 e. The Hall–Kier alpha value is -1.57. The Labute approximate surface area is 162 Å². The van der Waals surface area contributed by atoms with E-state index in [4.69, 9.17) is 23.2 Å². The molecule has 0 aliphatic carbocycles. The van der Waals surface area contributed by atoms with Crippen LogP contribution in [0, 0.1) is 0 Å². The van der Waals surface area contributed by atoms with Gasteiger partial charge in [-0.05, 0) is 12.5 Å². The molecule has 0 unspecified atom stereocenters. The van der Waals surface area contributed by atoms with Crippen molar-refractivity contribution in [1.82, 2.24) is 20.6 Å². The second-order valence-electron chi connectivity index (χ2n) is 5.16. The van der Waals surface area contributed by atoms with E-state index >= 15 is 0 Å². The zero-order chi connectivity index (χ0) is 18.1. The Kier molecular flexibility index (Phi) is 8.24. The number of thiazole rings is 1. The van der Waals surface area contributed by atoms with Gasteiger partial charge in [0.2, 0.25) is 0 Å². The monoisotopic (exact) mass is 400 g/mol. The van der Waals surface area contributed by atoms with E-state index in [1.807, 2.05) is 6.20 Å². The molecule has 136 valence electrons. The number of aryl methyl sites for hydroxylation is 1. The third-order valence-corrected chi connectivity index (χ3v) is 5.02. The number of hydrogen-bond acceptors (Lipinski definition) is 5. The average Bonchev–Trinajstić information content (AvgIpc) is 3.06. The number of aromatic nitrogens is 2. The molecule has 0 saturated carbocycles. The molecule has 3 N–H and O–H groups in total. The summed E-state index contributed by atoms with van der Waals surface area (Å²) in [6.45, 7) is 4.26. The van der Waals surface area contributed by atoms with Crippen LogP contribution in [0.2, 0.25) is 10.0 Å². The lowest BCUT2D eigenvalue weighted by molar-refractivity contribution is 0.794. The molecule has 0 aliphatic rings. The summed E-state index contributed by atoms with van der Waals surface area (Å²) in [6, 6.07) is 1.66. The topological polar surface area (TPSA) is 74.2 Å². The van der Waals surface area contributed by atoms with Gasteiger partial charge in [-0.2, -0.15) is 0 Å². The first-order valence-corrected chi connectivity index (χ1v) is 9.62. The van der Waals surface area contributed by atoms with Crippen molar-refractivity contribution in [2.24, 2.45) is 4.99 Å². The van der Waals surface area contributed by atoms with Crippen LogP contribution >= 0.6 is 34.5 Å². The van der Waals surface area contributed by atoms with Gasteiger partial charge in [0.05, 0.1) is 15.1 Å². The highest BCUT2D eigenvalue weighted by atomic mass is 35.5. The first-order valence-electron chi connectivity index (χ1n) is 8.05. The van der Waals surface area contributed by atoms with E-state index in [1.54, 1.807) is 30.6 Å². The van der Waals surface area contributed by atoms with Crippen LogP contribution in [0.5, 0.6) is 0 Å². The highest BCUT2D eigenvalue weighted by Crippen LogP contribution is 2.21. The van der Waals surface area contributed by atoms with Crippen molar-refractivity contribution in [3.8, 4) is 0 Å². The van der Waals surface area contributed by atoms with Gasteiger partial charge in [-0.15, -0.1) is 11.3 Å². The van der Waals surface area contributed by atoms with Gasteiger partial charge in [0.25, 0.3) is 0 Å². The van der Waals surface area contributed by atoms with Crippen molar-refractivity contribution in [1.29, 1.82) is 0 Å². The van der Waals surface area contributed by atoms with Gasteiger partial charge in [0, 0.05) is 50.4 Å². The fourth-order valence-electron chi connectivity index (χ4n) is 2.04. The van der Waals surface area contributed by atoms with E-state index in [-0.39, 0.29) is 0 Å². The molecule has 0 atom stereocenters. The second-order valence-corrected chi connectivity index (χ2v) is 7.20. The molecule has 0 saturated heterocycles. The number of halogens is 2. The second kappa shape index (κ2) is 10.4. The van der Waals surface area contributed by atoms with E-state index in [0.29, 0.717) is 29.0 Å². The first-order chi connectivity index (χ1) is 12.1. The van der Waals surface area contributed by atoms with Crippen LogP contribution in [0.1, 0.15) is 16.8 Å². The zero-order valence-electron chi connectivity index (χ0n) is 14.3. The molecule has 0 radical (unpaired) electrons. The van der Waals surface area contributed by atoms with Gasteiger partial charge >= 0.3 is 0 Å². The summed E-state index contributed by atoms with van der Waals surface area (Å²) < 4.78 is 0. The zero-order valence-corrected chi connectivity index (χ0v) is 16.6. The van der Waals surface area contributed by atoms with Gasteiger partial charge in [-0.25, -0.2) is 9.97 Å². The fraction of sp³-hybridized carbons (Fsp3) is 0.438. The Balaban J connectivity index is 1.66. The first kappa shape index (κ1) is 19.8. The van der Waals surface area contributed by atoms with Crippen molar-refractivity contribution in [2.75, 3.05) is 32.0 Å². The Bertz CT molecular complexity index is 704. The van der Waals surface area contributed by atoms with E-state index in [2.05, 4.69) is 37.8 Å². The molecule has 2 aromatic heterocycles. The van der Waals surface area contributed by atoms with Crippen molar-refractivity contribution < 1.29 is 0 Å². The maximum atomic E-state index is 6.07. The van der Waals surface area contributed by atoms with E-state index in [1.165, 1.54) is 4.88 Å². The summed E-state index contributed by atoms with van der Waals surface area (Å²) in [6.07, 6.45) is 5.43. The number of rotatable bonds is 8. The molecular weight excluding hydrogens is 379 g/mol. The van der Waals surface area contributed by atoms with E-state index < -0.39 is 0 Å². The van der Waals surface area contributed by atoms with Crippen LogP contribution in [0.3, 0.4) is 0 Å². The maximum absolute atomic E-state index is 6.07. The standard InChI is InChI=1S/C16H22Cl2N6S/c1-3-12-10-23-14(25-12)4-5-21-16(19-2)22-7-6-20-15-13(18)8-11(17)9-24-15/h8-10H,3-7H2,1-2H3,(H,20,24)(H2,19,21,22). The van der Waals surface area contributed by atoms with Crippen molar-refractivity contribution in [3.63, 3.8) is 0 Å². The number of nitrogens with one attached hydrogen (secondary N) is 3. The average molecular weight is 401 g/mol. The maximum Gasteiger partial charge on any atom is 0.191 e. The Morgan fingerprint density at radius 3 is 2.64 bits per heavy atom. The lowest BCUT2D eigenvalue weighted by Crippen LogP contribution is -2.40. The van der Waals surface area contributed by atoms with E-state index in [9.17, 15) is 0 Å². The molecular formula is C16H22Cl2N6S. The highest BCUT2D eigenvalue weighted by molar-refractivity contribution is 7.11. The van der Waals surface area contributed by atoms with Crippen LogP contribution in [0.4, 0.5) is 5.82 Å². The van der Waals surface area contributed by atoms with Gasteiger partial charge in [0.15, 0.2) is 5.96 Å². The summed E-state index contributed by atoms with van der Waals surface area (Å²) >= 11 is 13.7. The summed E-state index contributed by atoms with van der Waals surface area (Å²) in [5, 5.41) is 11.8. The van der Waals surface area contributed by atoms with Gasteiger partial charge < -0.3 is 16.0 Å². The smallest absolute Gasteiger partial charge is 0.191 e. The van der Waals surface area contributed by atoms with Crippen LogP contribution in [-0.4, -0.2) is 42.6 Å². The summed E-state index contributed by atoms with van der Waals surface area (Å²) in [5.41, 5.74) is 0. The van der Waals surface area contributed by atoms with Crippen molar-refractivity contribution in [3.05, 3.63) is 38.4 Å². The third kappa shape index (κ3) is 6.68. The van der Waals surface area contributed by atoms with Crippen LogP contribution < -0.4 is 16.0 Å². The molecule has 2 rings (SSSR count). The number of hydrogen-bond donors (Lipinski definition) is 3. The highest BCUT2D eigenvalue weighted by Gasteiger charge is 2.03. The normalized spacial score (nSPS) is 11.4. The molecule has 9 heteroatoms. The minimum atomic E-state index is 0.505. The number of nitrogens with zero attached hydrogens (tertiary/aromatic N) is 3. The lowest BCUT2D eigenvalue weighted by Gasteiger charge is -2.12. The molecule has 0 amide bonds. The van der Waals surface area contributed by atoms with Gasteiger partial charge in [0.1, 0.15) is 5.82 Å². The van der Waals surface area contributed by atoms with E-state index in [0.717, 1.165) is 30.4 Å². The molecule has 0 aliphatic heterocycles. The largest absolute Gasteiger partial charge is 0.367 e. The van der Waals surface area contributed by atoms with Gasteiger partial charge in [-0.3, -0.25) is 4.99 Å². The van der Waals surface area contributed by atoms with Crippen LogP contribution in [0.15, 0.2) is 23.5 Å². The van der Waals surface area contributed by atoms with Crippen LogP contribution in [0.25, 0.3) is 0 Å². The molecule has 0 fully saturated rings. The summed E-state index contributed by atoms with van der Waals surface area (Å²) in [4.78, 5) is 14.1. The molecule has 25 heavy (non-hydrogen) atoms. The predicted molar refractivity (Wildman–Crippen MR) is 107 cm³/mol. The van der Waals surface area contributed by atoms with Gasteiger partial charge in [-0.1, -0.05) is 30.1 Å². The Morgan fingerprint density at radius 2 is 1.96 bits per heavy atom. The lowest BCUT2D eigenvalue weighted by atomic mass is 10.4. The van der Waals surface area contributed by atoms with Crippen molar-refractivity contribution in [2.45, 2.75) is 19.8 Å². The molecule has 0 bridgehead atoms. The molecule has 0 aromatic carbocycles. The third-order valence-electron chi connectivity index (χ3n) is 3.32. The molecule has 6 nitrogen and oxygen atoms in total. The summed E-state index contributed by atoms with van der Waals surface area (Å²) in [5.74, 6) is 1.37. The number of guanidine groups is 1. The SMILES string of the molecule is CCc1cnc(CCNC(=NC)NCCNc2ncc(Cl)cc2Cl)s1. The number of pyridine rings is 1. The van der Waals surface area contributed by atoms with Crippen molar-refractivity contribution >= 4 is 46.3 Å². The predicted octanol–water partition coefficient (Wildman–Crippen LogP) is 3.23. The Morgan fingerprint density at radius 1 is 1.16 bits per heavy atom. The molecule has 2 heterocycles.